The highest BCUT2D eigenvalue weighted by Crippen LogP contribution is 2.42. The van der Waals surface area contributed by atoms with Gasteiger partial charge in [-0.1, -0.05) is 39.0 Å². The summed E-state index contributed by atoms with van der Waals surface area (Å²) >= 11 is 0. The number of anilines is 1. The Morgan fingerprint density at radius 2 is 1.93 bits per heavy atom. The van der Waals surface area contributed by atoms with Gasteiger partial charge in [-0.3, -0.25) is 0 Å². The molecule has 1 heteroatoms. The molecule has 0 unspecified atom stereocenters. The van der Waals surface area contributed by atoms with Crippen LogP contribution in [0.3, 0.4) is 0 Å². The molecule has 1 nitrogen and oxygen atoms in total. The number of fused-ring (bicyclic) bond motifs is 1. The molecule has 0 radical (unpaired) electrons. The molecule has 0 amide bonds. The molecule has 0 bridgehead atoms. The zero-order chi connectivity index (χ0) is 10.2. The minimum atomic E-state index is 0.373. The van der Waals surface area contributed by atoms with E-state index in [0.29, 0.717) is 11.3 Å². The third kappa shape index (κ3) is 1.63. The maximum Gasteiger partial charge on any atom is 0.0375 e. The lowest BCUT2D eigenvalue weighted by molar-refractivity contribution is 0.305. The minimum absolute atomic E-state index is 0.373. The molecule has 1 aromatic carbocycles. The van der Waals surface area contributed by atoms with E-state index in [1.165, 1.54) is 17.7 Å². The summed E-state index contributed by atoms with van der Waals surface area (Å²) in [4.78, 5) is 0. The first-order valence-electron chi connectivity index (χ1n) is 5.42. The van der Waals surface area contributed by atoms with Gasteiger partial charge in [0.2, 0.25) is 0 Å². The summed E-state index contributed by atoms with van der Waals surface area (Å²) in [5.41, 5.74) is 3.20. The predicted octanol–water partition coefficient (Wildman–Crippen LogP) is 3.63. The van der Waals surface area contributed by atoms with Gasteiger partial charge in [-0.2, -0.15) is 0 Å². The van der Waals surface area contributed by atoms with E-state index >= 15 is 0 Å². The molecule has 0 spiro atoms. The van der Waals surface area contributed by atoms with Crippen molar-refractivity contribution in [3.8, 4) is 0 Å². The number of para-hydroxylation sites is 1. The lowest BCUT2D eigenvalue weighted by atomic mass is 9.73. The van der Waals surface area contributed by atoms with Crippen LogP contribution in [0.4, 0.5) is 5.69 Å². The van der Waals surface area contributed by atoms with E-state index in [9.17, 15) is 0 Å². The molecule has 0 aromatic heterocycles. The van der Waals surface area contributed by atoms with Gasteiger partial charge in [0.15, 0.2) is 0 Å². The van der Waals surface area contributed by atoms with Crippen molar-refractivity contribution in [1.29, 1.82) is 0 Å². The quantitative estimate of drug-likeness (QED) is 0.657. The zero-order valence-electron chi connectivity index (χ0n) is 9.30. The number of nitrogens with one attached hydrogen (secondary N) is 1. The summed E-state index contributed by atoms with van der Waals surface area (Å²) in [6.07, 6.45) is 1.25. The van der Waals surface area contributed by atoms with Crippen molar-refractivity contribution >= 4 is 5.69 Å². The number of rotatable bonds is 0. The summed E-state index contributed by atoms with van der Waals surface area (Å²) in [5, 5.41) is 3.46. The van der Waals surface area contributed by atoms with Crippen molar-refractivity contribution < 1.29 is 0 Å². The molecule has 2 rings (SSSR count). The van der Waals surface area contributed by atoms with Gasteiger partial charge in [-0.05, 0) is 29.4 Å². The average molecular weight is 189 g/mol. The molecular weight excluding hydrogens is 170 g/mol. The van der Waals surface area contributed by atoms with Gasteiger partial charge in [0.1, 0.15) is 0 Å². The van der Waals surface area contributed by atoms with Gasteiger partial charge in [-0.25, -0.2) is 0 Å². The smallest absolute Gasteiger partial charge is 0.0375 e. The van der Waals surface area contributed by atoms with Gasteiger partial charge in [-0.15, -0.1) is 0 Å². The molecule has 0 fully saturated rings. The van der Waals surface area contributed by atoms with Gasteiger partial charge in [0.25, 0.3) is 0 Å². The highest BCUT2D eigenvalue weighted by molar-refractivity contribution is 5.55. The second-order valence-electron chi connectivity index (χ2n) is 5.22. The van der Waals surface area contributed by atoms with Crippen molar-refractivity contribution in [3.05, 3.63) is 29.8 Å². The average Bonchev–Trinajstić information content (AvgIpc) is 2.15. The molecule has 76 valence electrons. The first-order valence-corrected chi connectivity index (χ1v) is 5.42. The number of hydrogen-bond donors (Lipinski definition) is 1. The van der Waals surface area contributed by atoms with Crippen LogP contribution in [0.2, 0.25) is 0 Å². The lowest BCUT2D eigenvalue weighted by Gasteiger charge is -2.36. The fourth-order valence-corrected chi connectivity index (χ4v) is 2.37. The summed E-state index contributed by atoms with van der Waals surface area (Å²) in [5.74, 6) is 0.694. The summed E-state index contributed by atoms with van der Waals surface area (Å²) in [6.45, 7) is 8.11. The van der Waals surface area contributed by atoms with Gasteiger partial charge >= 0.3 is 0 Å². The molecule has 1 aromatic rings. The molecule has 14 heavy (non-hydrogen) atoms. The largest absolute Gasteiger partial charge is 0.385 e. The number of hydrogen-bond acceptors (Lipinski definition) is 1. The van der Waals surface area contributed by atoms with E-state index < -0.39 is 0 Å². The Morgan fingerprint density at radius 1 is 1.21 bits per heavy atom. The van der Waals surface area contributed by atoms with Crippen LogP contribution in [0.1, 0.15) is 38.7 Å². The minimum Gasteiger partial charge on any atom is -0.385 e. The highest BCUT2D eigenvalue weighted by atomic mass is 14.9. The van der Waals surface area contributed by atoms with Crippen LogP contribution in [0.25, 0.3) is 0 Å². The van der Waals surface area contributed by atoms with Crippen LogP contribution in [-0.2, 0) is 0 Å². The third-order valence-corrected chi connectivity index (χ3v) is 3.13. The molecule has 1 atom stereocenters. The Labute approximate surface area is 86.5 Å². The van der Waals surface area contributed by atoms with Crippen LogP contribution < -0.4 is 5.32 Å². The topological polar surface area (TPSA) is 12.0 Å². The van der Waals surface area contributed by atoms with E-state index in [1.54, 1.807) is 0 Å². The van der Waals surface area contributed by atoms with Crippen LogP contribution in [-0.4, -0.2) is 6.54 Å². The van der Waals surface area contributed by atoms with E-state index in [1.807, 2.05) is 0 Å². The molecule has 0 saturated carbocycles. The predicted molar refractivity (Wildman–Crippen MR) is 61.7 cm³/mol. The van der Waals surface area contributed by atoms with Crippen LogP contribution in [0.5, 0.6) is 0 Å². The number of benzene rings is 1. The Balaban J connectivity index is 2.41. The zero-order valence-corrected chi connectivity index (χ0v) is 9.30. The van der Waals surface area contributed by atoms with Gasteiger partial charge in [0.05, 0.1) is 0 Å². The standard InChI is InChI=1S/C13H19N/c1-13(2,3)11-8-9-14-12-7-5-4-6-10(11)12/h4-7,11,14H,8-9H2,1-3H3/t11-/m1/s1. The Kier molecular flexibility index (Phi) is 2.26. The van der Waals surface area contributed by atoms with Crippen LogP contribution >= 0.6 is 0 Å². The van der Waals surface area contributed by atoms with E-state index in [4.69, 9.17) is 0 Å². The third-order valence-electron chi connectivity index (χ3n) is 3.13. The second kappa shape index (κ2) is 3.30. The highest BCUT2D eigenvalue weighted by Gasteiger charge is 2.29. The van der Waals surface area contributed by atoms with Crippen LogP contribution in [0, 0.1) is 5.41 Å². The Bertz CT molecular complexity index is 322. The molecular formula is C13H19N. The fraction of sp³-hybridized carbons (Fsp3) is 0.538. The van der Waals surface area contributed by atoms with E-state index in [0.717, 1.165) is 6.54 Å². The van der Waals surface area contributed by atoms with Crippen molar-refractivity contribution in [3.63, 3.8) is 0 Å². The van der Waals surface area contributed by atoms with Gasteiger partial charge < -0.3 is 5.32 Å². The molecule has 0 saturated heterocycles. The first kappa shape index (κ1) is 9.57. The second-order valence-corrected chi connectivity index (χ2v) is 5.22. The van der Waals surface area contributed by atoms with E-state index in [2.05, 4.69) is 50.4 Å². The monoisotopic (exact) mass is 189 g/mol. The van der Waals surface area contributed by atoms with Crippen molar-refractivity contribution in [1.82, 2.24) is 0 Å². The van der Waals surface area contributed by atoms with Gasteiger partial charge in [0, 0.05) is 12.2 Å². The Morgan fingerprint density at radius 3 is 2.64 bits per heavy atom. The fourth-order valence-electron chi connectivity index (χ4n) is 2.37. The maximum atomic E-state index is 3.46. The summed E-state index contributed by atoms with van der Waals surface area (Å²) < 4.78 is 0. The maximum absolute atomic E-state index is 3.46. The summed E-state index contributed by atoms with van der Waals surface area (Å²) in [7, 11) is 0. The molecule has 1 aliphatic heterocycles. The normalized spacial score (nSPS) is 21.2. The van der Waals surface area contributed by atoms with Crippen molar-refractivity contribution in [2.45, 2.75) is 33.1 Å². The van der Waals surface area contributed by atoms with Crippen molar-refractivity contribution in [2.24, 2.45) is 5.41 Å². The van der Waals surface area contributed by atoms with E-state index in [-0.39, 0.29) is 0 Å². The van der Waals surface area contributed by atoms with Crippen LogP contribution in [0.15, 0.2) is 24.3 Å². The molecule has 1 N–H and O–H groups in total. The molecule has 1 heterocycles. The lowest BCUT2D eigenvalue weighted by Crippen LogP contribution is -2.26. The van der Waals surface area contributed by atoms with Crippen molar-refractivity contribution in [2.75, 3.05) is 11.9 Å². The summed E-state index contributed by atoms with van der Waals surface area (Å²) in [6, 6.07) is 8.70. The first-order chi connectivity index (χ1) is 6.59. The molecule has 1 aliphatic rings. The molecule has 0 aliphatic carbocycles. The Hall–Kier alpha value is -0.980. The SMILES string of the molecule is CC(C)(C)[C@@H]1CCNc2ccccc21.